The molecular weight excluding hydrogens is 285 g/mol. The third kappa shape index (κ3) is 2.23. The lowest BCUT2D eigenvalue weighted by Crippen LogP contribution is -2.34. The number of halogens is 2. The molecule has 1 aromatic carbocycles. The van der Waals surface area contributed by atoms with Crippen LogP contribution in [0.4, 0.5) is 4.39 Å². The third-order valence-corrected chi connectivity index (χ3v) is 4.33. The van der Waals surface area contributed by atoms with Gasteiger partial charge in [-0.2, -0.15) is 0 Å². The number of carbonyl (C=O) groups excluding carboxylic acids is 1. The standard InChI is InChI=1S/C13H15BrFNO/c1-8-5-6-10(15)11(12(8)14)13(17)16-7-3-4-9(16)2/h5-6,9H,3-4,7H2,1-2H3/t9-/m1/s1. The number of benzene rings is 1. The number of likely N-dealkylation sites (tertiary alicyclic amines) is 1. The van der Waals surface area contributed by atoms with E-state index in [-0.39, 0.29) is 17.5 Å². The van der Waals surface area contributed by atoms with Crippen molar-refractivity contribution in [3.05, 3.63) is 33.5 Å². The molecule has 1 saturated heterocycles. The molecule has 92 valence electrons. The van der Waals surface area contributed by atoms with Crippen molar-refractivity contribution in [2.75, 3.05) is 6.54 Å². The van der Waals surface area contributed by atoms with E-state index in [1.807, 2.05) is 13.8 Å². The van der Waals surface area contributed by atoms with Gasteiger partial charge in [0.25, 0.3) is 5.91 Å². The lowest BCUT2D eigenvalue weighted by atomic mass is 10.1. The molecule has 2 rings (SSSR count). The maximum atomic E-state index is 13.8. The molecule has 1 atom stereocenters. The van der Waals surface area contributed by atoms with Gasteiger partial charge in [0.05, 0.1) is 5.56 Å². The summed E-state index contributed by atoms with van der Waals surface area (Å²) in [5.74, 6) is -0.658. The van der Waals surface area contributed by atoms with Gasteiger partial charge in [0.1, 0.15) is 5.82 Å². The second kappa shape index (κ2) is 4.77. The molecule has 17 heavy (non-hydrogen) atoms. The SMILES string of the molecule is Cc1ccc(F)c(C(=O)N2CCC[C@H]2C)c1Br. The molecular formula is C13H15BrFNO. The van der Waals surface area contributed by atoms with E-state index < -0.39 is 5.82 Å². The Morgan fingerprint density at radius 3 is 2.82 bits per heavy atom. The molecule has 0 spiro atoms. The van der Waals surface area contributed by atoms with Crippen molar-refractivity contribution in [2.45, 2.75) is 32.7 Å². The van der Waals surface area contributed by atoms with Crippen LogP contribution in [-0.2, 0) is 0 Å². The Hall–Kier alpha value is -0.900. The summed E-state index contributed by atoms with van der Waals surface area (Å²) in [5, 5.41) is 0. The van der Waals surface area contributed by atoms with Gasteiger partial charge in [-0.3, -0.25) is 4.79 Å². The summed E-state index contributed by atoms with van der Waals surface area (Å²) in [4.78, 5) is 14.1. The zero-order chi connectivity index (χ0) is 12.6. The summed E-state index contributed by atoms with van der Waals surface area (Å²) < 4.78 is 14.4. The largest absolute Gasteiger partial charge is 0.336 e. The fourth-order valence-electron chi connectivity index (χ4n) is 2.23. The Kier molecular flexibility index (Phi) is 3.52. The van der Waals surface area contributed by atoms with Gasteiger partial charge in [-0.25, -0.2) is 4.39 Å². The molecule has 2 nitrogen and oxygen atoms in total. The number of aryl methyl sites for hydroxylation is 1. The highest BCUT2D eigenvalue weighted by atomic mass is 79.9. The van der Waals surface area contributed by atoms with Gasteiger partial charge in [-0.15, -0.1) is 0 Å². The molecule has 1 aliphatic heterocycles. The summed E-state index contributed by atoms with van der Waals surface area (Å²) in [7, 11) is 0. The van der Waals surface area contributed by atoms with E-state index >= 15 is 0 Å². The molecule has 0 radical (unpaired) electrons. The molecule has 0 bridgehead atoms. The minimum atomic E-state index is -0.452. The van der Waals surface area contributed by atoms with Gasteiger partial charge in [0.15, 0.2) is 0 Å². The Labute approximate surface area is 109 Å². The topological polar surface area (TPSA) is 20.3 Å². The average molecular weight is 300 g/mol. The van der Waals surface area contributed by atoms with Gasteiger partial charge in [-0.05, 0) is 54.2 Å². The number of hydrogen-bond acceptors (Lipinski definition) is 1. The molecule has 1 fully saturated rings. The average Bonchev–Trinajstić information content (AvgIpc) is 2.70. The number of carbonyl (C=O) groups is 1. The first-order chi connectivity index (χ1) is 8.02. The minimum Gasteiger partial charge on any atom is -0.336 e. The Balaban J connectivity index is 2.40. The molecule has 0 aliphatic carbocycles. The summed E-state index contributed by atoms with van der Waals surface area (Å²) in [6, 6.07) is 3.23. The van der Waals surface area contributed by atoms with Crippen LogP contribution < -0.4 is 0 Å². The lowest BCUT2D eigenvalue weighted by molar-refractivity contribution is 0.0741. The Morgan fingerprint density at radius 1 is 1.53 bits per heavy atom. The molecule has 0 aromatic heterocycles. The number of amides is 1. The fraction of sp³-hybridized carbons (Fsp3) is 0.462. The second-order valence-electron chi connectivity index (χ2n) is 4.54. The highest BCUT2D eigenvalue weighted by Gasteiger charge is 2.29. The van der Waals surface area contributed by atoms with Crippen LogP contribution in [0.25, 0.3) is 0 Å². The van der Waals surface area contributed by atoms with Crippen molar-refractivity contribution in [1.29, 1.82) is 0 Å². The van der Waals surface area contributed by atoms with Crippen molar-refractivity contribution >= 4 is 21.8 Å². The molecule has 1 heterocycles. The Bertz CT molecular complexity index is 461. The zero-order valence-electron chi connectivity index (χ0n) is 9.96. The normalized spacial score (nSPS) is 19.8. The van der Waals surface area contributed by atoms with E-state index in [1.165, 1.54) is 6.07 Å². The van der Waals surface area contributed by atoms with Crippen LogP contribution in [0, 0.1) is 12.7 Å². The van der Waals surface area contributed by atoms with Crippen molar-refractivity contribution in [2.24, 2.45) is 0 Å². The van der Waals surface area contributed by atoms with Crippen LogP contribution in [0.1, 0.15) is 35.7 Å². The van der Waals surface area contributed by atoms with Gasteiger partial charge in [0, 0.05) is 17.1 Å². The van der Waals surface area contributed by atoms with Crippen molar-refractivity contribution in [1.82, 2.24) is 4.90 Å². The smallest absolute Gasteiger partial charge is 0.258 e. The zero-order valence-corrected chi connectivity index (χ0v) is 11.6. The van der Waals surface area contributed by atoms with Gasteiger partial charge in [0.2, 0.25) is 0 Å². The first kappa shape index (κ1) is 12.6. The van der Waals surface area contributed by atoms with E-state index in [9.17, 15) is 9.18 Å². The summed E-state index contributed by atoms with van der Waals surface area (Å²) in [6.45, 7) is 4.58. The van der Waals surface area contributed by atoms with Crippen LogP contribution in [0.5, 0.6) is 0 Å². The van der Waals surface area contributed by atoms with E-state index in [1.54, 1.807) is 11.0 Å². The first-order valence-corrected chi connectivity index (χ1v) is 6.57. The van der Waals surface area contributed by atoms with Crippen LogP contribution >= 0.6 is 15.9 Å². The van der Waals surface area contributed by atoms with Gasteiger partial charge in [-0.1, -0.05) is 6.07 Å². The van der Waals surface area contributed by atoms with Crippen molar-refractivity contribution in [3.63, 3.8) is 0 Å². The molecule has 0 unspecified atom stereocenters. The monoisotopic (exact) mass is 299 g/mol. The fourth-order valence-corrected chi connectivity index (χ4v) is 2.72. The van der Waals surface area contributed by atoms with Crippen molar-refractivity contribution < 1.29 is 9.18 Å². The van der Waals surface area contributed by atoms with Crippen LogP contribution in [-0.4, -0.2) is 23.4 Å². The van der Waals surface area contributed by atoms with E-state index in [0.29, 0.717) is 4.47 Å². The Morgan fingerprint density at radius 2 is 2.24 bits per heavy atom. The predicted molar refractivity (Wildman–Crippen MR) is 68.6 cm³/mol. The first-order valence-electron chi connectivity index (χ1n) is 5.78. The highest BCUT2D eigenvalue weighted by molar-refractivity contribution is 9.10. The maximum absolute atomic E-state index is 13.8. The minimum absolute atomic E-state index is 0.166. The third-order valence-electron chi connectivity index (χ3n) is 3.31. The second-order valence-corrected chi connectivity index (χ2v) is 5.34. The van der Waals surface area contributed by atoms with E-state index in [4.69, 9.17) is 0 Å². The van der Waals surface area contributed by atoms with Crippen LogP contribution in [0.2, 0.25) is 0 Å². The molecule has 1 aromatic rings. The molecule has 4 heteroatoms. The number of nitrogens with zero attached hydrogens (tertiary/aromatic N) is 1. The highest BCUT2D eigenvalue weighted by Crippen LogP contribution is 2.28. The quantitative estimate of drug-likeness (QED) is 0.777. The van der Waals surface area contributed by atoms with Gasteiger partial charge >= 0.3 is 0 Å². The summed E-state index contributed by atoms with van der Waals surface area (Å²) in [6.07, 6.45) is 1.99. The predicted octanol–water partition coefficient (Wildman–Crippen LogP) is 3.52. The van der Waals surface area contributed by atoms with E-state index in [2.05, 4.69) is 15.9 Å². The molecule has 0 saturated carbocycles. The summed E-state index contributed by atoms with van der Waals surface area (Å²) >= 11 is 3.31. The van der Waals surface area contributed by atoms with E-state index in [0.717, 1.165) is 24.9 Å². The van der Waals surface area contributed by atoms with Crippen molar-refractivity contribution in [3.8, 4) is 0 Å². The molecule has 1 amide bonds. The lowest BCUT2D eigenvalue weighted by Gasteiger charge is -2.22. The summed E-state index contributed by atoms with van der Waals surface area (Å²) in [5.41, 5.74) is 1.04. The molecule has 0 N–H and O–H groups in total. The van der Waals surface area contributed by atoms with Gasteiger partial charge < -0.3 is 4.90 Å². The number of hydrogen-bond donors (Lipinski definition) is 0. The van der Waals surface area contributed by atoms with Crippen LogP contribution in [0.3, 0.4) is 0 Å². The number of rotatable bonds is 1. The maximum Gasteiger partial charge on any atom is 0.258 e. The van der Waals surface area contributed by atoms with Crippen LogP contribution in [0.15, 0.2) is 16.6 Å². The molecule has 1 aliphatic rings.